The third-order valence-electron chi connectivity index (χ3n) is 7.18. The van der Waals surface area contributed by atoms with Gasteiger partial charge in [-0.25, -0.2) is 0 Å². The van der Waals surface area contributed by atoms with Gasteiger partial charge < -0.3 is 25.4 Å². The molecule has 3 heterocycles. The molecule has 3 amide bonds. The van der Waals surface area contributed by atoms with Crippen LogP contribution in [0.15, 0.2) is 30.3 Å². The minimum absolute atomic E-state index is 0.0416. The van der Waals surface area contributed by atoms with Crippen LogP contribution in [0.2, 0.25) is 0 Å². The zero-order chi connectivity index (χ0) is 23.0. The lowest BCUT2D eigenvalue weighted by Crippen LogP contribution is -2.58. The van der Waals surface area contributed by atoms with Crippen molar-refractivity contribution in [2.45, 2.75) is 76.3 Å². The SMILES string of the molecule is CCCC(C)NC(=O)C1N([C@H](C)CO)C(=O)[C@@H]2[C@H](C(=O)Nc3ccccc3)[C@@H]3CCC12O3. The maximum atomic E-state index is 13.6. The van der Waals surface area contributed by atoms with E-state index in [1.807, 2.05) is 32.0 Å². The fourth-order valence-corrected chi connectivity index (χ4v) is 5.83. The van der Waals surface area contributed by atoms with Gasteiger partial charge in [-0.15, -0.1) is 0 Å². The first-order valence-corrected chi connectivity index (χ1v) is 11.6. The number of aliphatic hydroxyl groups is 1. The maximum absolute atomic E-state index is 13.6. The van der Waals surface area contributed by atoms with Crippen molar-refractivity contribution in [3.8, 4) is 0 Å². The number of anilines is 1. The number of rotatable bonds is 8. The normalized spacial score (nSPS) is 32.5. The Bertz CT molecular complexity index is 878. The fraction of sp³-hybridized carbons (Fsp3) is 0.625. The monoisotopic (exact) mass is 443 g/mol. The van der Waals surface area contributed by atoms with Gasteiger partial charge in [0.1, 0.15) is 11.6 Å². The van der Waals surface area contributed by atoms with Crippen molar-refractivity contribution in [3.05, 3.63) is 30.3 Å². The Morgan fingerprint density at radius 1 is 1.25 bits per heavy atom. The van der Waals surface area contributed by atoms with E-state index in [0.717, 1.165) is 12.8 Å². The number of aliphatic hydroxyl groups excluding tert-OH is 1. The molecule has 7 atom stereocenters. The lowest BCUT2D eigenvalue weighted by Gasteiger charge is -2.36. The first-order chi connectivity index (χ1) is 15.3. The van der Waals surface area contributed by atoms with Crippen LogP contribution in [0.25, 0.3) is 0 Å². The Morgan fingerprint density at radius 2 is 1.97 bits per heavy atom. The predicted molar refractivity (Wildman–Crippen MR) is 119 cm³/mol. The zero-order valence-corrected chi connectivity index (χ0v) is 18.9. The molecule has 2 bridgehead atoms. The number of hydrogen-bond donors (Lipinski definition) is 3. The highest BCUT2D eigenvalue weighted by atomic mass is 16.5. The summed E-state index contributed by atoms with van der Waals surface area (Å²) in [6, 6.07) is 7.66. The molecule has 0 aliphatic carbocycles. The van der Waals surface area contributed by atoms with Gasteiger partial charge in [-0.1, -0.05) is 31.5 Å². The summed E-state index contributed by atoms with van der Waals surface area (Å²) in [7, 11) is 0. The van der Waals surface area contributed by atoms with E-state index in [1.54, 1.807) is 19.1 Å². The zero-order valence-electron chi connectivity index (χ0n) is 18.9. The van der Waals surface area contributed by atoms with Crippen LogP contribution >= 0.6 is 0 Å². The van der Waals surface area contributed by atoms with E-state index in [4.69, 9.17) is 4.74 Å². The van der Waals surface area contributed by atoms with Crippen molar-refractivity contribution in [2.24, 2.45) is 11.8 Å². The third-order valence-corrected chi connectivity index (χ3v) is 7.18. The molecule has 0 radical (unpaired) electrons. The summed E-state index contributed by atoms with van der Waals surface area (Å²) in [5.41, 5.74) is -0.386. The van der Waals surface area contributed by atoms with Gasteiger partial charge in [-0.05, 0) is 45.2 Å². The van der Waals surface area contributed by atoms with Crippen LogP contribution in [0.5, 0.6) is 0 Å². The third kappa shape index (κ3) is 3.59. The molecule has 32 heavy (non-hydrogen) atoms. The molecule has 0 aromatic heterocycles. The fourth-order valence-electron chi connectivity index (χ4n) is 5.83. The number of para-hydroxylation sites is 1. The van der Waals surface area contributed by atoms with Crippen molar-refractivity contribution >= 4 is 23.4 Å². The van der Waals surface area contributed by atoms with Gasteiger partial charge in [-0.2, -0.15) is 0 Å². The van der Waals surface area contributed by atoms with Crippen LogP contribution in [0.4, 0.5) is 5.69 Å². The van der Waals surface area contributed by atoms with Gasteiger partial charge in [0.2, 0.25) is 17.7 Å². The molecular weight excluding hydrogens is 410 g/mol. The number of carbonyl (C=O) groups excluding carboxylic acids is 3. The average molecular weight is 444 g/mol. The molecule has 1 spiro atoms. The number of ether oxygens (including phenoxy) is 1. The largest absolute Gasteiger partial charge is 0.394 e. The van der Waals surface area contributed by atoms with Crippen LogP contribution < -0.4 is 10.6 Å². The van der Waals surface area contributed by atoms with Crippen molar-refractivity contribution in [2.75, 3.05) is 11.9 Å². The van der Waals surface area contributed by atoms with Crippen LogP contribution in [0.1, 0.15) is 46.5 Å². The number of carbonyl (C=O) groups is 3. The Labute approximate surface area is 188 Å². The summed E-state index contributed by atoms with van der Waals surface area (Å²) in [5.74, 6) is -2.23. The summed E-state index contributed by atoms with van der Waals surface area (Å²) in [6.07, 6.45) is 2.51. The minimum atomic E-state index is -1.04. The van der Waals surface area contributed by atoms with Crippen molar-refractivity contribution < 1.29 is 24.2 Å². The van der Waals surface area contributed by atoms with E-state index in [9.17, 15) is 19.5 Å². The molecule has 3 N–H and O–H groups in total. The Balaban J connectivity index is 1.65. The summed E-state index contributed by atoms with van der Waals surface area (Å²) in [6.45, 7) is 5.44. The molecule has 3 saturated heterocycles. The predicted octanol–water partition coefficient (Wildman–Crippen LogP) is 1.69. The number of amides is 3. The van der Waals surface area contributed by atoms with E-state index >= 15 is 0 Å². The van der Waals surface area contributed by atoms with Gasteiger partial charge in [0, 0.05) is 11.7 Å². The molecule has 4 rings (SSSR count). The number of hydrogen-bond acceptors (Lipinski definition) is 5. The minimum Gasteiger partial charge on any atom is -0.394 e. The van der Waals surface area contributed by atoms with Crippen molar-refractivity contribution in [3.63, 3.8) is 0 Å². The molecular formula is C24H33N3O5. The molecule has 3 aliphatic heterocycles. The molecule has 3 unspecified atom stereocenters. The Hall–Kier alpha value is -2.45. The van der Waals surface area contributed by atoms with Crippen molar-refractivity contribution in [1.29, 1.82) is 0 Å². The van der Waals surface area contributed by atoms with Gasteiger partial charge in [0.25, 0.3) is 0 Å². The first-order valence-electron chi connectivity index (χ1n) is 11.6. The number of likely N-dealkylation sites (tertiary alicyclic amines) is 1. The topological polar surface area (TPSA) is 108 Å². The van der Waals surface area contributed by atoms with E-state index in [1.165, 1.54) is 4.90 Å². The second-order valence-electron chi connectivity index (χ2n) is 9.39. The van der Waals surface area contributed by atoms with Crippen LogP contribution in [0, 0.1) is 11.8 Å². The molecule has 1 aromatic carbocycles. The van der Waals surface area contributed by atoms with E-state index < -0.39 is 35.6 Å². The molecule has 3 aliphatic rings. The van der Waals surface area contributed by atoms with Crippen LogP contribution in [-0.2, 0) is 19.1 Å². The van der Waals surface area contributed by atoms with Crippen LogP contribution in [0.3, 0.4) is 0 Å². The number of fused-ring (bicyclic) bond motifs is 1. The highest BCUT2D eigenvalue weighted by Gasteiger charge is 2.74. The number of benzene rings is 1. The summed E-state index contributed by atoms with van der Waals surface area (Å²) >= 11 is 0. The van der Waals surface area contributed by atoms with Gasteiger partial charge in [0.05, 0.1) is 30.6 Å². The van der Waals surface area contributed by atoms with Gasteiger partial charge in [0.15, 0.2) is 0 Å². The van der Waals surface area contributed by atoms with E-state index in [0.29, 0.717) is 18.5 Å². The molecule has 1 aromatic rings. The summed E-state index contributed by atoms with van der Waals surface area (Å²) in [4.78, 5) is 41.8. The maximum Gasteiger partial charge on any atom is 0.246 e. The standard InChI is InChI=1S/C24H33N3O5/c1-4-8-14(2)25-22(30)20-24-12-11-17(32-24)18(19(24)23(31)27(20)15(3)13-28)21(29)26-16-9-6-5-7-10-16/h5-7,9-10,14-15,17-20,28H,4,8,11-13H2,1-3H3,(H,25,30)(H,26,29)/t14?,15-,17+,18-,19+,20?,24?/m1/s1. The number of nitrogens with zero attached hydrogens (tertiary/aromatic N) is 1. The van der Waals surface area contributed by atoms with Gasteiger partial charge in [-0.3, -0.25) is 14.4 Å². The molecule has 3 fully saturated rings. The Kier molecular flexibility index (Phi) is 6.27. The lowest BCUT2D eigenvalue weighted by atomic mass is 9.70. The van der Waals surface area contributed by atoms with E-state index in [-0.39, 0.29) is 30.4 Å². The van der Waals surface area contributed by atoms with E-state index in [2.05, 4.69) is 10.6 Å². The lowest BCUT2D eigenvalue weighted by molar-refractivity contribution is -0.144. The molecule has 8 heteroatoms. The molecule has 174 valence electrons. The molecule has 8 nitrogen and oxygen atoms in total. The summed E-state index contributed by atoms with van der Waals surface area (Å²) in [5, 5.41) is 15.8. The second-order valence-corrected chi connectivity index (χ2v) is 9.39. The summed E-state index contributed by atoms with van der Waals surface area (Å²) < 4.78 is 6.36. The highest BCUT2D eigenvalue weighted by molar-refractivity contribution is 6.02. The van der Waals surface area contributed by atoms with Crippen molar-refractivity contribution in [1.82, 2.24) is 10.2 Å². The quantitative estimate of drug-likeness (QED) is 0.567. The Morgan fingerprint density at radius 3 is 2.62 bits per heavy atom. The highest BCUT2D eigenvalue weighted by Crippen LogP contribution is 2.58. The number of nitrogens with one attached hydrogen (secondary N) is 2. The van der Waals surface area contributed by atoms with Crippen LogP contribution in [-0.4, -0.2) is 64.2 Å². The second kappa shape index (κ2) is 8.83. The van der Waals surface area contributed by atoms with Gasteiger partial charge >= 0.3 is 0 Å². The first kappa shape index (κ1) is 22.7. The molecule has 0 saturated carbocycles. The smallest absolute Gasteiger partial charge is 0.246 e. The average Bonchev–Trinajstić information content (AvgIpc) is 3.41.